The van der Waals surface area contributed by atoms with Crippen molar-refractivity contribution in [1.82, 2.24) is 19.6 Å². The highest BCUT2D eigenvalue weighted by molar-refractivity contribution is 5.95. The average molecular weight is 603 g/mol. The molecule has 1 saturated heterocycles. The van der Waals surface area contributed by atoms with E-state index in [2.05, 4.69) is 5.10 Å². The summed E-state index contributed by atoms with van der Waals surface area (Å²) >= 11 is 0. The fourth-order valence-electron chi connectivity index (χ4n) is 4.93. The van der Waals surface area contributed by atoms with Crippen molar-refractivity contribution in [3.63, 3.8) is 0 Å². The van der Waals surface area contributed by atoms with Gasteiger partial charge in [-0.2, -0.15) is 5.10 Å². The molecule has 1 aliphatic heterocycles. The number of nitrogens with zero attached hydrogens (tertiary/aromatic N) is 4. The molecule has 1 aromatic carbocycles. The minimum atomic E-state index is -1.35. The van der Waals surface area contributed by atoms with Gasteiger partial charge < -0.3 is 29.5 Å². The summed E-state index contributed by atoms with van der Waals surface area (Å²) in [6, 6.07) is 5.70. The second kappa shape index (κ2) is 16.7. The maximum Gasteiger partial charge on any atom is 0.256 e. The summed E-state index contributed by atoms with van der Waals surface area (Å²) in [6.07, 6.45) is 1.69. The van der Waals surface area contributed by atoms with Gasteiger partial charge in [0.15, 0.2) is 0 Å². The Hall–Kier alpha value is -3.12. The van der Waals surface area contributed by atoms with Crippen LogP contribution in [-0.2, 0) is 21.3 Å². The molecule has 2 N–H and O–H groups in total. The predicted octanol–water partition coefficient (Wildman–Crippen LogP) is 3.12. The Labute approximate surface area is 254 Å². The number of hydrogen-bond acceptors (Lipinski definition) is 7. The van der Waals surface area contributed by atoms with Crippen molar-refractivity contribution >= 4 is 17.9 Å². The Morgan fingerprint density at radius 3 is 2.53 bits per heavy atom. The van der Waals surface area contributed by atoms with E-state index in [1.807, 2.05) is 34.7 Å². The maximum atomic E-state index is 14.7. The number of carbonyl (C=O) groups excluding carboxylic acids is 2. The van der Waals surface area contributed by atoms with Gasteiger partial charge in [0.25, 0.3) is 5.91 Å². The van der Waals surface area contributed by atoms with Crippen LogP contribution in [0.1, 0.15) is 60.4 Å². The number of benzene rings is 1. The van der Waals surface area contributed by atoms with Gasteiger partial charge in [0.2, 0.25) is 5.91 Å². The first-order valence-electron chi connectivity index (χ1n) is 15.1. The lowest BCUT2D eigenvalue weighted by Crippen LogP contribution is -2.51. The maximum absolute atomic E-state index is 14.7. The number of aliphatic hydroxyl groups is 2. The van der Waals surface area contributed by atoms with Crippen molar-refractivity contribution in [2.45, 2.75) is 65.3 Å². The molecule has 1 aliphatic rings. The summed E-state index contributed by atoms with van der Waals surface area (Å²) in [5, 5.41) is 26.1. The van der Waals surface area contributed by atoms with Gasteiger partial charge >= 0.3 is 0 Å². The second-order valence-corrected chi connectivity index (χ2v) is 11.5. The number of rotatable bonds is 7. The van der Waals surface area contributed by atoms with Gasteiger partial charge in [-0.25, -0.2) is 4.39 Å². The minimum absolute atomic E-state index is 0.0705. The van der Waals surface area contributed by atoms with Crippen molar-refractivity contribution in [2.75, 3.05) is 46.0 Å². The molecule has 0 spiro atoms. The standard InChI is InChI=1S/C32H47FN4O6/c1-22(2)14-19-43-29-20-37(32(41)26-10-6-7-11-27(26)33)17-16-36(15-8-9-18-42-21-28(38)31(29)40)30(39)13-12-25-23(3)34-35(5)24(25)4/h6-7,10-13,22,28-29,31,38,40H,8-9,14-21H2,1-5H3/t28-,29-,31-/m1/s1. The highest BCUT2D eigenvalue weighted by atomic mass is 19.1. The van der Waals surface area contributed by atoms with E-state index in [1.165, 1.54) is 29.2 Å². The summed E-state index contributed by atoms with van der Waals surface area (Å²) in [5.74, 6) is -1.15. The Morgan fingerprint density at radius 1 is 1.14 bits per heavy atom. The topological polar surface area (TPSA) is 117 Å². The highest BCUT2D eigenvalue weighted by Gasteiger charge is 2.32. The molecule has 0 bridgehead atoms. The number of hydrogen-bond donors (Lipinski definition) is 2. The smallest absolute Gasteiger partial charge is 0.256 e. The monoisotopic (exact) mass is 602 g/mol. The van der Waals surface area contributed by atoms with Gasteiger partial charge in [0.1, 0.15) is 24.1 Å². The first-order chi connectivity index (χ1) is 20.5. The number of ether oxygens (including phenoxy) is 2. The molecule has 3 rings (SSSR count). The molecule has 1 aromatic heterocycles. The number of halogens is 1. The molecule has 2 heterocycles. The normalized spacial score (nSPS) is 21.4. The van der Waals surface area contributed by atoms with E-state index in [-0.39, 0.29) is 37.7 Å². The van der Waals surface area contributed by atoms with Crippen LogP contribution in [0.4, 0.5) is 4.39 Å². The SMILES string of the molecule is Cc1nn(C)c(C)c1C=CC(=O)N1CCCCOC[C@@H](O)[C@@H](O)[C@H](OCCC(C)C)CN(C(=O)c2ccccc2F)CC1. The number of carbonyl (C=O) groups is 2. The fourth-order valence-corrected chi connectivity index (χ4v) is 4.93. The zero-order valence-electron chi connectivity index (χ0n) is 26.0. The molecule has 43 heavy (non-hydrogen) atoms. The average Bonchev–Trinajstić information content (AvgIpc) is 3.21. The molecule has 0 aliphatic carbocycles. The zero-order chi connectivity index (χ0) is 31.5. The molecular formula is C32H47FN4O6. The molecular weight excluding hydrogens is 555 g/mol. The van der Waals surface area contributed by atoms with E-state index in [0.717, 1.165) is 17.0 Å². The van der Waals surface area contributed by atoms with E-state index in [0.29, 0.717) is 44.9 Å². The molecule has 2 amide bonds. The van der Waals surface area contributed by atoms with Crippen molar-refractivity contribution < 1.29 is 33.7 Å². The molecule has 3 atom stereocenters. The number of amides is 2. The lowest BCUT2D eigenvalue weighted by Gasteiger charge is -2.34. The Kier molecular flexibility index (Phi) is 13.3. The van der Waals surface area contributed by atoms with E-state index in [4.69, 9.17) is 9.47 Å². The summed E-state index contributed by atoms with van der Waals surface area (Å²) in [7, 11) is 1.85. The van der Waals surface area contributed by atoms with Crippen LogP contribution in [0.5, 0.6) is 0 Å². The van der Waals surface area contributed by atoms with Crippen molar-refractivity contribution in [3.8, 4) is 0 Å². The third-order valence-corrected chi connectivity index (χ3v) is 7.76. The van der Waals surface area contributed by atoms with E-state index in [9.17, 15) is 24.2 Å². The summed E-state index contributed by atoms with van der Waals surface area (Å²) in [5.41, 5.74) is 2.50. The van der Waals surface area contributed by atoms with Gasteiger partial charge in [-0.15, -0.1) is 0 Å². The van der Waals surface area contributed by atoms with Gasteiger partial charge in [0, 0.05) is 63.8 Å². The van der Waals surface area contributed by atoms with E-state index in [1.54, 1.807) is 21.7 Å². The van der Waals surface area contributed by atoms with Crippen LogP contribution in [0.3, 0.4) is 0 Å². The quantitative estimate of drug-likeness (QED) is 0.468. The molecule has 11 heteroatoms. The first kappa shape index (κ1) is 34.4. The molecule has 10 nitrogen and oxygen atoms in total. The molecule has 0 radical (unpaired) electrons. The van der Waals surface area contributed by atoms with Gasteiger partial charge in [-0.1, -0.05) is 26.0 Å². The molecule has 238 valence electrons. The van der Waals surface area contributed by atoms with Crippen LogP contribution in [-0.4, -0.2) is 106 Å². The minimum Gasteiger partial charge on any atom is -0.388 e. The molecule has 1 fully saturated rings. The van der Waals surface area contributed by atoms with Crippen LogP contribution in [0.25, 0.3) is 6.08 Å². The van der Waals surface area contributed by atoms with Crippen molar-refractivity contribution in [3.05, 3.63) is 58.7 Å². The van der Waals surface area contributed by atoms with Crippen LogP contribution in [0.15, 0.2) is 30.3 Å². The lowest BCUT2D eigenvalue weighted by molar-refractivity contribution is -0.127. The summed E-state index contributed by atoms with van der Waals surface area (Å²) < 4.78 is 28.1. The van der Waals surface area contributed by atoms with Crippen molar-refractivity contribution in [2.24, 2.45) is 13.0 Å². The van der Waals surface area contributed by atoms with Gasteiger partial charge in [-0.3, -0.25) is 14.3 Å². The van der Waals surface area contributed by atoms with Crippen LogP contribution >= 0.6 is 0 Å². The van der Waals surface area contributed by atoms with E-state index >= 15 is 0 Å². The predicted molar refractivity (Wildman–Crippen MR) is 162 cm³/mol. The zero-order valence-corrected chi connectivity index (χ0v) is 26.0. The third-order valence-electron chi connectivity index (χ3n) is 7.76. The number of aliphatic hydroxyl groups excluding tert-OH is 2. The Balaban J connectivity index is 1.90. The van der Waals surface area contributed by atoms with Crippen LogP contribution in [0, 0.1) is 25.6 Å². The highest BCUT2D eigenvalue weighted by Crippen LogP contribution is 2.17. The van der Waals surface area contributed by atoms with Crippen molar-refractivity contribution in [1.29, 1.82) is 0 Å². The Morgan fingerprint density at radius 2 is 1.86 bits per heavy atom. The van der Waals surface area contributed by atoms with Gasteiger partial charge in [0.05, 0.1) is 17.9 Å². The lowest BCUT2D eigenvalue weighted by atomic mass is 10.1. The molecule has 0 saturated carbocycles. The van der Waals surface area contributed by atoms with Gasteiger partial charge in [-0.05, 0) is 57.2 Å². The first-order valence-corrected chi connectivity index (χ1v) is 15.1. The molecule has 2 aromatic rings. The van der Waals surface area contributed by atoms with Crippen LogP contribution in [0.2, 0.25) is 0 Å². The fraction of sp³-hybridized carbons (Fsp3) is 0.594. The summed E-state index contributed by atoms with van der Waals surface area (Å²) in [6.45, 7) is 8.99. The summed E-state index contributed by atoms with van der Waals surface area (Å²) in [4.78, 5) is 30.1. The van der Waals surface area contributed by atoms with Crippen LogP contribution < -0.4 is 0 Å². The third kappa shape index (κ3) is 9.96. The second-order valence-electron chi connectivity index (χ2n) is 11.5. The number of aryl methyl sites for hydroxylation is 2. The van der Waals surface area contributed by atoms with E-state index < -0.39 is 30.0 Å². The Bertz CT molecular complexity index is 1230. The largest absolute Gasteiger partial charge is 0.388 e. The number of aromatic nitrogens is 2. The molecule has 0 unspecified atom stereocenters.